The van der Waals surface area contributed by atoms with Gasteiger partial charge in [0.2, 0.25) is 5.91 Å². The van der Waals surface area contributed by atoms with E-state index in [2.05, 4.69) is 42.2 Å². The van der Waals surface area contributed by atoms with Gasteiger partial charge < -0.3 is 10.6 Å². The minimum absolute atomic E-state index is 0.0841. The van der Waals surface area contributed by atoms with Crippen LogP contribution in [-0.2, 0) is 11.3 Å². The third-order valence-corrected chi connectivity index (χ3v) is 5.07. The van der Waals surface area contributed by atoms with Gasteiger partial charge in [0.25, 0.3) is 0 Å². The monoisotopic (exact) mass is 317 g/mol. The smallest absolute Gasteiger partial charge is 0.239 e. The largest absolute Gasteiger partial charge is 0.344 e. The van der Waals surface area contributed by atoms with Crippen LogP contribution in [0.15, 0.2) is 30.3 Å². The summed E-state index contributed by atoms with van der Waals surface area (Å²) in [7, 11) is 1.89. The van der Waals surface area contributed by atoms with E-state index < -0.39 is 0 Å². The van der Waals surface area contributed by atoms with Gasteiger partial charge in [-0.2, -0.15) is 0 Å². The molecule has 2 N–H and O–H groups in total. The van der Waals surface area contributed by atoms with Gasteiger partial charge in [0, 0.05) is 26.7 Å². The lowest BCUT2D eigenvalue weighted by Gasteiger charge is -2.27. The molecule has 4 heteroatoms. The molecule has 128 valence electrons. The summed E-state index contributed by atoms with van der Waals surface area (Å²) < 4.78 is 0. The number of likely N-dealkylation sites (N-methyl/N-ethyl adjacent to an activating group) is 1. The average molecular weight is 317 g/mol. The first kappa shape index (κ1) is 18.0. The molecule has 0 aromatic heterocycles. The minimum atomic E-state index is -0.369. The van der Waals surface area contributed by atoms with Crippen molar-refractivity contribution in [1.29, 1.82) is 0 Å². The normalized spacial score (nSPS) is 21.1. The first-order valence-electron chi connectivity index (χ1n) is 8.78. The van der Waals surface area contributed by atoms with E-state index in [9.17, 15) is 4.79 Å². The van der Waals surface area contributed by atoms with Crippen LogP contribution in [0, 0.1) is 11.8 Å². The quantitative estimate of drug-likeness (QED) is 0.840. The fourth-order valence-electron chi connectivity index (χ4n) is 3.28. The Hall–Kier alpha value is -1.39. The molecule has 0 bridgehead atoms. The lowest BCUT2D eigenvalue weighted by molar-refractivity contribution is -0.132. The van der Waals surface area contributed by atoms with E-state index in [4.69, 9.17) is 5.73 Å². The molecule has 2 rings (SSSR count). The van der Waals surface area contributed by atoms with Crippen molar-refractivity contribution in [3.05, 3.63) is 35.9 Å². The first-order chi connectivity index (χ1) is 11.0. The zero-order valence-electron chi connectivity index (χ0n) is 14.7. The number of nitrogens with zero attached hydrogens (tertiary/aromatic N) is 2. The van der Waals surface area contributed by atoms with Crippen molar-refractivity contribution in [3.63, 3.8) is 0 Å². The number of amides is 1. The molecule has 0 saturated carbocycles. The summed E-state index contributed by atoms with van der Waals surface area (Å²) in [4.78, 5) is 16.7. The lowest BCUT2D eigenvalue weighted by atomic mass is 9.98. The average Bonchev–Trinajstić information content (AvgIpc) is 3.00. The van der Waals surface area contributed by atoms with Gasteiger partial charge in [0.1, 0.15) is 0 Å². The fourth-order valence-corrected chi connectivity index (χ4v) is 3.28. The van der Waals surface area contributed by atoms with Crippen molar-refractivity contribution < 1.29 is 4.79 Å². The number of hydrogen-bond acceptors (Lipinski definition) is 3. The molecule has 1 heterocycles. The van der Waals surface area contributed by atoms with Crippen molar-refractivity contribution in [2.75, 3.05) is 26.7 Å². The topological polar surface area (TPSA) is 49.6 Å². The second-order valence-electron chi connectivity index (χ2n) is 7.01. The number of carbonyl (C=O) groups is 1. The summed E-state index contributed by atoms with van der Waals surface area (Å²) >= 11 is 0. The van der Waals surface area contributed by atoms with Gasteiger partial charge in [0.05, 0.1) is 6.04 Å². The van der Waals surface area contributed by atoms with E-state index >= 15 is 0 Å². The van der Waals surface area contributed by atoms with Gasteiger partial charge in [-0.3, -0.25) is 9.69 Å². The Balaban J connectivity index is 1.79. The molecule has 23 heavy (non-hydrogen) atoms. The van der Waals surface area contributed by atoms with Crippen LogP contribution in [0.3, 0.4) is 0 Å². The highest BCUT2D eigenvalue weighted by Crippen LogP contribution is 2.20. The van der Waals surface area contributed by atoms with Crippen LogP contribution in [0.25, 0.3) is 0 Å². The lowest BCUT2D eigenvalue weighted by Crippen LogP contribution is -2.47. The van der Waals surface area contributed by atoms with Crippen molar-refractivity contribution in [2.24, 2.45) is 17.6 Å². The first-order valence-corrected chi connectivity index (χ1v) is 8.78. The zero-order valence-corrected chi connectivity index (χ0v) is 14.7. The highest BCUT2D eigenvalue weighted by molar-refractivity contribution is 5.81. The molecule has 1 aromatic carbocycles. The highest BCUT2D eigenvalue weighted by atomic mass is 16.2. The molecule has 1 aliphatic heterocycles. The third kappa shape index (κ3) is 5.05. The number of hydrogen-bond donors (Lipinski definition) is 1. The summed E-state index contributed by atoms with van der Waals surface area (Å²) in [5.41, 5.74) is 7.43. The number of benzene rings is 1. The summed E-state index contributed by atoms with van der Waals surface area (Å²) in [5.74, 6) is 0.876. The summed E-state index contributed by atoms with van der Waals surface area (Å²) in [6.07, 6.45) is 2.10. The fraction of sp³-hybridized carbons (Fsp3) is 0.632. The molecule has 3 unspecified atom stereocenters. The van der Waals surface area contributed by atoms with E-state index in [-0.39, 0.29) is 17.9 Å². The van der Waals surface area contributed by atoms with Crippen LogP contribution in [0.5, 0.6) is 0 Å². The molecule has 0 radical (unpaired) electrons. The Labute approximate surface area is 140 Å². The van der Waals surface area contributed by atoms with Gasteiger partial charge in [0.15, 0.2) is 0 Å². The molecule has 4 nitrogen and oxygen atoms in total. The molecule has 1 aromatic rings. The minimum Gasteiger partial charge on any atom is -0.344 e. The van der Waals surface area contributed by atoms with Crippen LogP contribution in [0.2, 0.25) is 0 Å². The van der Waals surface area contributed by atoms with Crippen molar-refractivity contribution in [3.8, 4) is 0 Å². The molecule has 1 fully saturated rings. The van der Waals surface area contributed by atoms with Crippen LogP contribution >= 0.6 is 0 Å². The van der Waals surface area contributed by atoms with E-state index in [0.717, 1.165) is 39.0 Å². The number of likely N-dealkylation sites (tertiary alicyclic amines) is 1. The molecule has 1 saturated heterocycles. The number of nitrogens with two attached hydrogens (primary N) is 1. The summed E-state index contributed by atoms with van der Waals surface area (Å²) in [6.45, 7) is 8.11. The summed E-state index contributed by atoms with van der Waals surface area (Å²) in [5, 5.41) is 0. The SMILES string of the molecule is CCC(C)C(N)C(=O)N(C)CC1CCN(Cc2ccccc2)C1. The van der Waals surface area contributed by atoms with Crippen LogP contribution in [0.4, 0.5) is 0 Å². The maximum atomic E-state index is 12.4. The number of carbonyl (C=O) groups excluding carboxylic acids is 1. The van der Waals surface area contributed by atoms with Crippen molar-refractivity contribution in [2.45, 2.75) is 39.3 Å². The van der Waals surface area contributed by atoms with Crippen LogP contribution in [0.1, 0.15) is 32.3 Å². The molecule has 1 aliphatic rings. The van der Waals surface area contributed by atoms with Crippen LogP contribution < -0.4 is 5.73 Å². The summed E-state index contributed by atoms with van der Waals surface area (Å²) in [6, 6.07) is 10.2. The Bertz CT molecular complexity index is 491. The van der Waals surface area contributed by atoms with E-state index in [1.807, 2.05) is 18.9 Å². The van der Waals surface area contributed by atoms with E-state index in [1.54, 1.807) is 0 Å². The van der Waals surface area contributed by atoms with Gasteiger partial charge in [-0.15, -0.1) is 0 Å². The second kappa shape index (κ2) is 8.46. The number of rotatable bonds is 7. The van der Waals surface area contributed by atoms with E-state index in [1.165, 1.54) is 5.56 Å². The Morgan fingerprint density at radius 2 is 2.09 bits per heavy atom. The maximum absolute atomic E-state index is 12.4. The highest BCUT2D eigenvalue weighted by Gasteiger charge is 2.28. The van der Waals surface area contributed by atoms with Gasteiger partial charge in [-0.1, -0.05) is 50.6 Å². The molecular weight excluding hydrogens is 286 g/mol. The Morgan fingerprint density at radius 3 is 2.74 bits per heavy atom. The second-order valence-corrected chi connectivity index (χ2v) is 7.01. The van der Waals surface area contributed by atoms with Gasteiger partial charge in [-0.25, -0.2) is 0 Å². The maximum Gasteiger partial charge on any atom is 0.239 e. The van der Waals surface area contributed by atoms with Gasteiger partial charge >= 0.3 is 0 Å². The third-order valence-electron chi connectivity index (χ3n) is 5.07. The van der Waals surface area contributed by atoms with Crippen LogP contribution in [-0.4, -0.2) is 48.4 Å². The molecule has 0 aliphatic carbocycles. The molecule has 0 spiro atoms. The van der Waals surface area contributed by atoms with Crippen molar-refractivity contribution >= 4 is 5.91 Å². The van der Waals surface area contributed by atoms with E-state index in [0.29, 0.717) is 5.92 Å². The standard InChI is InChI=1S/C19H31N3O/c1-4-15(2)18(20)19(23)21(3)12-17-10-11-22(14-17)13-16-8-6-5-7-9-16/h5-9,15,17-18H,4,10-14,20H2,1-3H3. The zero-order chi connectivity index (χ0) is 16.8. The Kier molecular flexibility index (Phi) is 6.60. The van der Waals surface area contributed by atoms with Gasteiger partial charge in [-0.05, 0) is 30.4 Å². The molecular formula is C19H31N3O. The predicted octanol–water partition coefficient (Wildman–Crippen LogP) is 2.34. The predicted molar refractivity (Wildman–Crippen MR) is 94.9 cm³/mol. The van der Waals surface area contributed by atoms with Crippen molar-refractivity contribution in [1.82, 2.24) is 9.80 Å². The Morgan fingerprint density at radius 1 is 1.39 bits per heavy atom. The molecule has 3 atom stereocenters. The molecule has 1 amide bonds.